The highest BCUT2D eigenvalue weighted by atomic mass is 35.5. The number of nitrogens with zero attached hydrogens (tertiary/aromatic N) is 2. The standard InChI is InChI=1S/C17H18Cl2N2O3/c1-10-4-2-3-5-14(10)21-16(23)15(22)20(17(21)24)9-11-6-7-12(18)13(19)8-11/h6-8,10,14H,2-5,9H2,1H3/t10-,14-/m0/s1. The average molecular weight is 369 g/mol. The van der Waals surface area contributed by atoms with Crippen molar-refractivity contribution in [2.45, 2.75) is 45.2 Å². The number of imide groups is 2. The van der Waals surface area contributed by atoms with Gasteiger partial charge in [0.15, 0.2) is 0 Å². The molecule has 1 aromatic carbocycles. The third-order valence-electron chi connectivity index (χ3n) is 4.81. The lowest BCUT2D eigenvalue weighted by molar-refractivity contribution is -0.144. The second kappa shape index (κ2) is 6.73. The zero-order valence-corrected chi connectivity index (χ0v) is 14.8. The van der Waals surface area contributed by atoms with Crippen molar-refractivity contribution in [2.75, 3.05) is 0 Å². The summed E-state index contributed by atoms with van der Waals surface area (Å²) >= 11 is 11.8. The van der Waals surface area contributed by atoms with E-state index in [9.17, 15) is 14.4 Å². The van der Waals surface area contributed by atoms with Crippen LogP contribution in [0.25, 0.3) is 0 Å². The Kier molecular flexibility index (Phi) is 4.83. The first-order valence-corrected chi connectivity index (χ1v) is 8.78. The molecule has 1 aliphatic carbocycles. The maximum absolute atomic E-state index is 12.7. The molecule has 0 radical (unpaired) electrons. The molecule has 5 nitrogen and oxygen atoms in total. The van der Waals surface area contributed by atoms with Gasteiger partial charge in [-0.05, 0) is 36.5 Å². The summed E-state index contributed by atoms with van der Waals surface area (Å²) < 4.78 is 0. The maximum atomic E-state index is 12.7. The van der Waals surface area contributed by atoms with Crippen LogP contribution in [0.1, 0.15) is 38.2 Å². The minimum atomic E-state index is -0.774. The van der Waals surface area contributed by atoms with Crippen molar-refractivity contribution in [3.63, 3.8) is 0 Å². The highest BCUT2D eigenvalue weighted by molar-refractivity contribution is 6.44. The van der Waals surface area contributed by atoms with E-state index >= 15 is 0 Å². The van der Waals surface area contributed by atoms with Gasteiger partial charge in [0.1, 0.15) is 0 Å². The molecule has 0 aromatic heterocycles. The SMILES string of the molecule is C[C@H]1CCCC[C@@H]1N1C(=O)C(=O)N(Cc2ccc(Cl)c(Cl)c2)C1=O. The molecular formula is C17H18Cl2N2O3. The van der Waals surface area contributed by atoms with Gasteiger partial charge < -0.3 is 0 Å². The Bertz CT molecular complexity index is 707. The van der Waals surface area contributed by atoms with Crippen molar-refractivity contribution in [2.24, 2.45) is 5.92 Å². The topological polar surface area (TPSA) is 57.7 Å². The van der Waals surface area contributed by atoms with Crippen LogP contribution < -0.4 is 0 Å². The van der Waals surface area contributed by atoms with Crippen molar-refractivity contribution < 1.29 is 14.4 Å². The monoisotopic (exact) mass is 368 g/mol. The fourth-order valence-corrected chi connectivity index (χ4v) is 3.78. The van der Waals surface area contributed by atoms with Crippen LogP contribution in [0, 0.1) is 5.92 Å². The van der Waals surface area contributed by atoms with E-state index < -0.39 is 17.8 Å². The van der Waals surface area contributed by atoms with E-state index in [2.05, 4.69) is 0 Å². The quantitative estimate of drug-likeness (QED) is 0.601. The average Bonchev–Trinajstić information content (AvgIpc) is 2.76. The summed E-state index contributed by atoms with van der Waals surface area (Å²) in [7, 11) is 0. The third-order valence-corrected chi connectivity index (χ3v) is 5.55. The molecule has 24 heavy (non-hydrogen) atoms. The first-order chi connectivity index (χ1) is 11.4. The largest absolute Gasteiger partial charge is 0.334 e. The smallest absolute Gasteiger partial charge is 0.263 e. The lowest BCUT2D eigenvalue weighted by atomic mass is 9.85. The van der Waals surface area contributed by atoms with Crippen molar-refractivity contribution in [3.05, 3.63) is 33.8 Å². The summed E-state index contributed by atoms with van der Waals surface area (Å²) in [5.41, 5.74) is 0.650. The fraction of sp³-hybridized carbons (Fsp3) is 0.471. The molecule has 1 heterocycles. The molecule has 2 atom stereocenters. The van der Waals surface area contributed by atoms with Crippen molar-refractivity contribution in [1.29, 1.82) is 0 Å². The van der Waals surface area contributed by atoms with Gasteiger partial charge in [0, 0.05) is 6.04 Å². The van der Waals surface area contributed by atoms with Crippen LogP contribution in [0.5, 0.6) is 0 Å². The summed E-state index contributed by atoms with van der Waals surface area (Å²) in [5.74, 6) is -1.29. The molecule has 1 aliphatic heterocycles. The van der Waals surface area contributed by atoms with Crippen LogP contribution in [0.2, 0.25) is 10.0 Å². The lowest BCUT2D eigenvalue weighted by Crippen LogP contribution is -2.46. The number of amides is 4. The van der Waals surface area contributed by atoms with E-state index in [1.165, 1.54) is 0 Å². The molecule has 2 aliphatic rings. The van der Waals surface area contributed by atoms with Crippen molar-refractivity contribution in [3.8, 4) is 0 Å². The molecule has 128 valence electrons. The number of hydrogen-bond acceptors (Lipinski definition) is 3. The number of benzene rings is 1. The van der Waals surface area contributed by atoms with Gasteiger partial charge in [-0.1, -0.05) is 49.0 Å². The molecular weight excluding hydrogens is 351 g/mol. The highest BCUT2D eigenvalue weighted by Gasteiger charge is 2.48. The van der Waals surface area contributed by atoms with Crippen LogP contribution in [0.4, 0.5) is 4.79 Å². The normalized spacial score (nSPS) is 24.9. The Hall–Kier alpha value is -1.59. The van der Waals surface area contributed by atoms with Gasteiger partial charge in [0.25, 0.3) is 0 Å². The van der Waals surface area contributed by atoms with E-state index in [4.69, 9.17) is 23.2 Å². The van der Waals surface area contributed by atoms with Gasteiger partial charge >= 0.3 is 17.8 Å². The summed E-state index contributed by atoms with van der Waals surface area (Å²) in [6.45, 7) is 2.04. The first-order valence-electron chi connectivity index (χ1n) is 8.03. The number of hydrogen-bond donors (Lipinski definition) is 0. The Morgan fingerprint density at radius 1 is 1.04 bits per heavy atom. The van der Waals surface area contributed by atoms with Gasteiger partial charge in [-0.25, -0.2) is 4.79 Å². The number of halogens is 2. The van der Waals surface area contributed by atoms with E-state index in [0.717, 1.165) is 35.5 Å². The Balaban J connectivity index is 1.82. The second-order valence-electron chi connectivity index (χ2n) is 6.43. The van der Waals surface area contributed by atoms with E-state index in [0.29, 0.717) is 15.6 Å². The van der Waals surface area contributed by atoms with Crippen LogP contribution >= 0.6 is 23.2 Å². The van der Waals surface area contributed by atoms with Crippen LogP contribution in [0.15, 0.2) is 18.2 Å². The molecule has 0 bridgehead atoms. The molecule has 1 saturated heterocycles. The minimum absolute atomic E-state index is 0.0118. The molecule has 2 fully saturated rings. The molecule has 1 saturated carbocycles. The van der Waals surface area contributed by atoms with Crippen LogP contribution in [0.3, 0.4) is 0 Å². The summed E-state index contributed by atoms with van der Waals surface area (Å²) in [5, 5.41) is 0.741. The summed E-state index contributed by atoms with van der Waals surface area (Å²) in [4.78, 5) is 39.5. The van der Waals surface area contributed by atoms with Crippen LogP contribution in [-0.2, 0) is 16.1 Å². The van der Waals surface area contributed by atoms with E-state index in [1.807, 2.05) is 6.92 Å². The molecule has 4 amide bonds. The number of carbonyl (C=O) groups is 3. The Labute approximate surface area is 150 Å². The number of carbonyl (C=O) groups excluding carboxylic acids is 3. The highest BCUT2D eigenvalue weighted by Crippen LogP contribution is 2.32. The molecule has 1 aromatic rings. The Morgan fingerprint density at radius 2 is 1.75 bits per heavy atom. The van der Waals surface area contributed by atoms with Crippen molar-refractivity contribution >= 4 is 41.0 Å². The second-order valence-corrected chi connectivity index (χ2v) is 7.24. The number of rotatable bonds is 3. The van der Waals surface area contributed by atoms with Crippen LogP contribution in [-0.4, -0.2) is 33.7 Å². The lowest BCUT2D eigenvalue weighted by Gasteiger charge is -2.34. The maximum Gasteiger partial charge on any atom is 0.334 e. The van der Waals surface area contributed by atoms with E-state index in [-0.39, 0.29) is 18.5 Å². The van der Waals surface area contributed by atoms with E-state index in [1.54, 1.807) is 18.2 Å². The predicted octanol–water partition coefficient (Wildman–Crippen LogP) is 3.86. The summed E-state index contributed by atoms with van der Waals surface area (Å²) in [6, 6.07) is 4.16. The van der Waals surface area contributed by atoms with Gasteiger partial charge in [0.05, 0.1) is 16.6 Å². The summed E-state index contributed by atoms with van der Waals surface area (Å²) in [6.07, 6.45) is 3.77. The molecule has 3 rings (SSSR count). The minimum Gasteiger partial charge on any atom is -0.263 e. The number of urea groups is 1. The molecule has 0 unspecified atom stereocenters. The zero-order chi connectivity index (χ0) is 17.4. The Morgan fingerprint density at radius 3 is 2.42 bits per heavy atom. The van der Waals surface area contributed by atoms with Gasteiger partial charge in [-0.3, -0.25) is 19.4 Å². The van der Waals surface area contributed by atoms with Gasteiger partial charge in [0.2, 0.25) is 0 Å². The van der Waals surface area contributed by atoms with Gasteiger partial charge in [-0.2, -0.15) is 0 Å². The third kappa shape index (κ3) is 3.03. The van der Waals surface area contributed by atoms with Gasteiger partial charge in [-0.15, -0.1) is 0 Å². The zero-order valence-electron chi connectivity index (χ0n) is 13.3. The molecule has 0 spiro atoms. The first kappa shape index (κ1) is 17.2. The molecule has 7 heteroatoms. The molecule has 0 N–H and O–H groups in total. The fourth-order valence-electron chi connectivity index (χ4n) is 3.46. The van der Waals surface area contributed by atoms with Crippen molar-refractivity contribution in [1.82, 2.24) is 9.80 Å². The predicted molar refractivity (Wildman–Crippen MR) is 90.7 cm³/mol.